The van der Waals surface area contributed by atoms with Crippen molar-refractivity contribution >= 4 is 23.2 Å². The number of rotatable bonds is 5. The van der Waals surface area contributed by atoms with Crippen LogP contribution < -0.4 is 19.5 Å². The fourth-order valence-electron chi connectivity index (χ4n) is 2.74. The molecule has 0 saturated heterocycles. The summed E-state index contributed by atoms with van der Waals surface area (Å²) in [5.41, 5.74) is -1.35. The largest absolute Gasteiger partial charge is 0.486 e. The maximum Gasteiger partial charge on any atom is 0.422 e. The highest BCUT2D eigenvalue weighted by molar-refractivity contribution is 6.32. The lowest BCUT2D eigenvalue weighted by molar-refractivity contribution is -0.153. The zero-order chi connectivity index (χ0) is 22.8. The molecule has 3 rings (SSSR count). The number of fused-ring (bicyclic) bond motifs is 1. The SMILES string of the molecule is O=C(Cc1cc(Cl)c2c(c1)OCCO2)Nc1cc(C(F)(F)F)ccc1OCC(F)(F)F. The highest BCUT2D eigenvalue weighted by atomic mass is 35.5. The second-order valence-electron chi connectivity index (χ2n) is 6.44. The van der Waals surface area contributed by atoms with Gasteiger partial charge in [0.05, 0.1) is 22.7 Å². The summed E-state index contributed by atoms with van der Waals surface area (Å²) >= 11 is 6.08. The van der Waals surface area contributed by atoms with Crippen molar-refractivity contribution in [2.75, 3.05) is 25.1 Å². The van der Waals surface area contributed by atoms with Crippen LogP contribution >= 0.6 is 11.6 Å². The van der Waals surface area contributed by atoms with Crippen LogP contribution in [0.3, 0.4) is 0 Å². The van der Waals surface area contributed by atoms with Crippen LogP contribution in [0.5, 0.6) is 17.2 Å². The molecular weight excluding hydrogens is 456 g/mol. The fraction of sp³-hybridized carbons (Fsp3) is 0.316. The van der Waals surface area contributed by atoms with Crippen LogP contribution in [0, 0.1) is 0 Å². The van der Waals surface area contributed by atoms with Gasteiger partial charge < -0.3 is 19.5 Å². The maximum atomic E-state index is 13.0. The Morgan fingerprint density at radius 2 is 1.77 bits per heavy atom. The van der Waals surface area contributed by atoms with Crippen molar-refractivity contribution in [3.63, 3.8) is 0 Å². The third-order valence-corrected chi connectivity index (χ3v) is 4.27. The lowest BCUT2D eigenvalue weighted by Gasteiger charge is -2.20. The van der Waals surface area contributed by atoms with E-state index in [0.717, 1.165) is 0 Å². The molecule has 0 aromatic heterocycles. The van der Waals surface area contributed by atoms with Gasteiger partial charge in [-0.25, -0.2) is 0 Å². The van der Waals surface area contributed by atoms with Crippen LogP contribution in [0.2, 0.25) is 5.02 Å². The van der Waals surface area contributed by atoms with Crippen LogP contribution in [0.25, 0.3) is 0 Å². The van der Waals surface area contributed by atoms with Gasteiger partial charge >= 0.3 is 12.4 Å². The fourth-order valence-corrected chi connectivity index (χ4v) is 3.02. The number of alkyl halides is 6. The van der Waals surface area contributed by atoms with Crippen molar-refractivity contribution in [3.8, 4) is 17.2 Å². The summed E-state index contributed by atoms with van der Waals surface area (Å²) < 4.78 is 91.6. The number of hydrogen-bond donors (Lipinski definition) is 1. The number of benzene rings is 2. The summed E-state index contributed by atoms with van der Waals surface area (Å²) in [6.45, 7) is -1.18. The van der Waals surface area contributed by atoms with Crippen LogP contribution in [-0.4, -0.2) is 31.9 Å². The van der Waals surface area contributed by atoms with Gasteiger partial charge in [0, 0.05) is 0 Å². The Bertz CT molecular complexity index is 977. The van der Waals surface area contributed by atoms with E-state index in [1.807, 2.05) is 0 Å². The van der Waals surface area contributed by atoms with Gasteiger partial charge in [-0.3, -0.25) is 4.79 Å². The predicted octanol–water partition coefficient (Wildman–Crippen LogP) is 5.25. The molecule has 0 bridgehead atoms. The van der Waals surface area contributed by atoms with Gasteiger partial charge in [-0.1, -0.05) is 11.6 Å². The van der Waals surface area contributed by atoms with Gasteiger partial charge in [-0.15, -0.1) is 0 Å². The number of anilines is 1. The van der Waals surface area contributed by atoms with E-state index in [9.17, 15) is 31.1 Å². The molecule has 1 N–H and O–H groups in total. The first-order chi connectivity index (χ1) is 14.4. The monoisotopic (exact) mass is 469 g/mol. The Kier molecular flexibility index (Phi) is 6.44. The highest BCUT2D eigenvalue weighted by Crippen LogP contribution is 2.39. The molecule has 168 valence electrons. The summed E-state index contributed by atoms with van der Waals surface area (Å²) in [5, 5.41) is 2.34. The highest BCUT2D eigenvalue weighted by Gasteiger charge is 2.33. The van der Waals surface area contributed by atoms with Crippen molar-refractivity contribution in [1.29, 1.82) is 0 Å². The molecule has 1 aliphatic rings. The molecule has 0 spiro atoms. The number of nitrogens with one attached hydrogen (secondary N) is 1. The third kappa shape index (κ3) is 6.09. The minimum atomic E-state index is -4.77. The summed E-state index contributed by atoms with van der Waals surface area (Å²) in [7, 11) is 0. The number of amides is 1. The lowest BCUT2D eigenvalue weighted by Crippen LogP contribution is -2.21. The molecule has 12 heteroatoms. The molecule has 0 atom stereocenters. The molecule has 0 radical (unpaired) electrons. The molecule has 5 nitrogen and oxygen atoms in total. The molecular formula is C19H14ClF6NO4. The average Bonchev–Trinajstić information content (AvgIpc) is 2.65. The van der Waals surface area contributed by atoms with E-state index in [-0.39, 0.29) is 18.1 Å². The molecule has 0 fully saturated rings. The summed E-state index contributed by atoms with van der Waals surface area (Å²) in [5.74, 6) is -0.754. The van der Waals surface area contributed by atoms with Gasteiger partial charge in [0.25, 0.3) is 0 Å². The number of carbonyl (C=O) groups is 1. The molecule has 0 unspecified atom stereocenters. The van der Waals surface area contributed by atoms with E-state index in [0.29, 0.717) is 41.9 Å². The summed E-state index contributed by atoms with van der Waals surface area (Å²) in [4.78, 5) is 12.4. The van der Waals surface area contributed by atoms with Crippen molar-refractivity contribution in [2.45, 2.75) is 18.8 Å². The molecule has 2 aromatic rings. The molecule has 1 heterocycles. The van der Waals surface area contributed by atoms with Gasteiger partial charge in [-0.05, 0) is 35.9 Å². The third-order valence-electron chi connectivity index (χ3n) is 3.99. The molecule has 1 amide bonds. The van der Waals surface area contributed by atoms with Gasteiger partial charge in [0.2, 0.25) is 5.91 Å². The molecule has 2 aromatic carbocycles. The minimum absolute atomic E-state index is 0.174. The quantitative estimate of drug-likeness (QED) is 0.608. The summed E-state index contributed by atoms with van der Waals surface area (Å²) in [6.07, 6.45) is -9.83. The van der Waals surface area contributed by atoms with Gasteiger partial charge in [-0.2, -0.15) is 26.3 Å². The van der Waals surface area contributed by atoms with E-state index in [1.165, 1.54) is 12.1 Å². The zero-order valence-electron chi connectivity index (χ0n) is 15.5. The number of ether oxygens (including phenoxy) is 3. The number of carbonyl (C=O) groups excluding carboxylic acids is 1. The van der Waals surface area contributed by atoms with Crippen LogP contribution in [0.15, 0.2) is 30.3 Å². The Morgan fingerprint density at radius 3 is 2.45 bits per heavy atom. The number of hydrogen-bond acceptors (Lipinski definition) is 4. The van der Waals surface area contributed by atoms with Crippen LogP contribution in [-0.2, 0) is 17.4 Å². The topological polar surface area (TPSA) is 56.8 Å². The molecule has 1 aliphatic heterocycles. The van der Waals surface area contributed by atoms with E-state index >= 15 is 0 Å². The summed E-state index contributed by atoms with van der Waals surface area (Å²) in [6, 6.07) is 4.67. The standard InChI is InChI=1S/C19H14ClF6NO4/c20-12-5-10(6-15-17(12)30-4-3-29-15)7-16(28)27-13-8-11(19(24,25)26)1-2-14(13)31-9-18(21,22)23/h1-2,5-6,8H,3-4,7,9H2,(H,27,28). The first-order valence-electron chi connectivity index (χ1n) is 8.71. The minimum Gasteiger partial charge on any atom is -0.486 e. The van der Waals surface area contributed by atoms with Crippen molar-refractivity contribution in [1.82, 2.24) is 0 Å². The Labute approximate surface area is 176 Å². The molecule has 0 aliphatic carbocycles. The van der Waals surface area contributed by atoms with Crippen molar-refractivity contribution in [3.05, 3.63) is 46.5 Å². The second-order valence-corrected chi connectivity index (χ2v) is 6.85. The van der Waals surface area contributed by atoms with Crippen molar-refractivity contribution in [2.24, 2.45) is 0 Å². The van der Waals surface area contributed by atoms with E-state index in [4.69, 9.17) is 21.1 Å². The zero-order valence-corrected chi connectivity index (χ0v) is 16.2. The lowest BCUT2D eigenvalue weighted by atomic mass is 10.1. The number of halogens is 7. The smallest absolute Gasteiger partial charge is 0.422 e. The first-order valence-corrected chi connectivity index (χ1v) is 9.09. The molecule has 0 saturated carbocycles. The predicted molar refractivity (Wildman–Crippen MR) is 97.8 cm³/mol. The first kappa shape index (κ1) is 22.9. The normalized spacial score (nSPS) is 13.6. The Hall–Kier alpha value is -2.82. The van der Waals surface area contributed by atoms with Crippen LogP contribution in [0.1, 0.15) is 11.1 Å². The van der Waals surface area contributed by atoms with Crippen molar-refractivity contribution < 1.29 is 45.3 Å². The molecule has 31 heavy (non-hydrogen) atoms. The Morgan fingerprint density at radius 1 is 1.06 bits per heavy atom. The Balaban J connectivity index is 1.81. The van der Waals surface area contributed by atoms with Gasteiger partial charge in [0.15, 0.2) is 18.1 Å². The van der Waals surface area contributed by atoms with Gasteiger partial charge in [0.1, 0.15) is 19.0 Å². The second kappa shape index (κ2) is 8.74. The van der Waals surface area contributed by atoms with Crippen LogP contribution in [0.4, 0.5) is 32.0 Å². The van der Waals surface area contributed by atoms with E-state index in [1.54, 1.807) is 0 Å². The maximum absolute atomic E-state index is 13.0. The van der Waals surface area contributed by atoms with E-state index < -0.39 is 41.9 Å². The average molecular weight is 470 g/mol. The van der Waals surface area contributed by atoms with E-state index in [2.05, 4.69) is 10.1 Å².